The molecular weight excluding hydrogens is 192 g/mol. The molecule has 0 unspecified atom stereocenters. The fourth-order valence-electron chi connectivity index (χ4n) is 1.84. The van der Waals surface area contributed by atoms with E-state index in [0.29, 0.717) is 0 Å². The van der Waals surface area contributed by atoms with Gasteiger partial charge in [-0.2, -0.15) is 0 Å². The first-order valence-electron chi connectivity index (χ1n) is 6.16. The molecule has 0 nitrogen and oxygen atoms in total. The van der Waals surface area contributed by atoms with E-state index in [2.05, 4.69) is 37.4 Å². The van der Waals surface area contributed by atoms with Gasteiger partial charge in [0.15, 0.2) is 0 Å². The van der Waals surface area contributed by atoms with E-state index >= 15 is 0 Å². The Morgan fingerprint density at radius 3 is 1.81 bits per heavy atom. The van der Waals surface area contributed by atoms with Crippen LogP contribution in [0.5, 0.6) is 0 Å². The molecule has 0 radical (unpaired) electrons. The normalized spacial score (nSPS) is 10.0. The van der Waals surface area contributed by atoms with Crippen LogP contribution in [0.3, 0.4) is 0 Å². The molecule has 1 aromatic carbocycles. The molecule has 0 saturated carbocycles. The van der Waals surface area contributed by atoms with Gasteiger partial charge in [-0.05, 0) is 49.7 Å². The average Bonchev–Trinajstić information content (AvgIpc) is 2.30. The molecule has 1 aromatic rings. The third-order valence-corrected chi connectivity index (χ3v) is 2.74. The lowest BCUT2D eigenvalue weighted by Crippen LogP contribution is -1.89. The Morgan fingerprint density at radius 2 is 1.38 bits per heavy atom. The third kappa shape index (κ3) is 4.97. The Bertz CT molecular complexity index is 293. The van der Waals surface area contributed by atoms with Crippen LogP contribution in [0.15, 0.2) is 49.6 Å². The topological polar surface area (TPSA) is 0 Å². The van der Waals surface area contributed by atoms with Crippen LogP contribution >= 0.6 is 0 Å². The Morgan fingerprint density at radius 1 is 0.875 bits per heavy atom. The second-order valence-corrected chi connectivity index (χ2v) is 4.18. The molecule has 1 rings (SSSR count). The molecule has 0 amide bonds. The van der Waals surface area contributed by atoms with E-state index in [9.17, 15) is 0 Å². The summed E-state index contributed by atoms with van der Waals surface area (Å²) in [6, 6.07) is 8.96. The molecule has 0 spiro atoms. The van der Waals surface area contributed by atoms with Gasteiger partial charge < -0.3 is 0 Å². The highest BCUT2D eigenvalue weighted by atomic mass is 14.0. The van der Waals surface area contributed by atoms with Crippen molar-refractivity contribution in [1.82, 2.24) is 0 Å². The zero-order chi connectivity index (χ0) is 11.6. The summed E-state index contributed by atoms with van der Waals surface area (Å²) in [7, 11) is 0. The molecule has 0 aliphatic heterocycles. The lowest BCUT2D eigenvalue weighted by molar-refractivity contribution is 0.825. The third-order valence-electron chi connectivity index (χ3n) is 2.74. The van der Waals surface area contributed by atoms with Gasteiger partial charge in [0.25, 0.3) is 0 Å². The van der Waals surface area contributed by atoms with Crippen molar-refractivity contribution in [2.24, 2.45) is 0 Å². The standard InChI is InChI=1S/C16H22/c1-3-5-7-10-15-12-9-13-16(14-15)11-8-6-4-2/h3-4,9,12-14H,1-2,5-8,10-11H2. The van der Waals surface area contributed by atoms with Crippen LogP contribution in [0, 0.1) is 0 Å². The van der Waals surface area contributed by atoms with E-state index in [0.717, 1.165) is 12.8 Å². The summed E-state index contributed by atoms with van der Waals surface area (Å²) in [5.74, 6) is 0. The van der Waals surface area contributed by atoms with Crippen LogP contribution < -0.4 is 0 Å². The molecule has 16 heavy (non-hydrogen) atoms. The van der Waals surface area contributed by atoms with Gasteiger partial charge in [0.05, 0.1) is 0 Å². The molecule has 0 aliphatic rings. The molecule has 0 bridgehead atoms. The van der Waals surface area contributed by atoms with Crippen molar-refractivity contribution in [3.05, 3.63) is 60.7 Å². The number of hydrogen-bond acceptors (Lipinski definition) is 0. The Kier molecular flexibility index (Phi) is 6.32. The van der Waals surface area contributed by atoms with Gasteiger partial charge in [-0.1, -0.05) is 36.4 Å². The zero-order valence-corrected chi connectivity index (χ0v) is 10.1. The summed E-state index contributed by atoms with van der Waals surface area (Å²) >= 11 is 0. The number of aryl methyl sites for hydroxylation is 2. The smallest absolute Gasteiger partial charge is 0.0276 e. The van der Waals surface area contributed by atoms with Crippen molar-refractivity contribution in [2.45, 2.75) is 38.5 Å². The van der Waals surface area contributed by atoms with Crippen molar-refractivity contribution in [2.75, 3.05) is 0 Å². The number of rotatable bonds is 8. The molecular formula is C16H22. The molecule has 0 fully saturated rings. The first-order chi connectivity index (χ1) is 7.86. The second kappa shape index (κ2) is 7.92. The summed E-state index contributed by atoms with van der Waals surface area (Å²) in [5.41, 5.74) is 2.91. The minimum atomic E-state index is 1.11. The minimum absolute atomic E-state index is 1.11. The van der Waals surface area contributed by atoms with E-state index in [1.807, 2.05) is 12.2 Å². The van der Waals surface area contributed by atoms with Gasteiger partial charge in [0.2, 0.25) is 0 Å². The van der Waals surface area contributed by atoms with Crippen LogP contribution in [0.2, 0.25) is 0 Å². The summed E-state index contributed by atoms with van der Waals surface area (Å²) in [6.45, 7) is 7.50. The molecule has 0 aliphatic carbocycles. The molecule has 0 aromatic heterocycles. The monoisotopic (exact) mass is 214 g/mol. The quantitative estimate of drug-likeness (QED) is 0.434. The van der Waals surface area contributed by atoms with E-state index in [1.54, 1.807) is 0 Å². The van der Waals surface area contributed by atoms with Crippen LogP contribution in [0.1, 0.15) is 36.8 Å². The van der Waals surface area contributed by atoms with E-state index in [4.69, 9.17) is 0 Å². The van der Waals surface area contributed by atoms with Gasteiger partial charge in [-0.25, -0.2) is 0 Å². The molecule has 0 saturated heterocycles. The summed E-state index contributed by atoms with van der Waals surface area (Å²) < 4.78 is 0. The SMILES string of the molecule is C=CCCCc1cccc(CCCC=C)c1. The highest BCUT2D eigenvalue weighted by molar-refractivity contribution is 5.23. The summed E-state index contributed by atoms with van der Waals surface area (Å²) in [6.07, 6.45) is 11.0. The van der Waals surface area contributed by atoms with Gasteiger partial charge >= 0.3 is 0 Å². The Hall–Kier alpha value is -1.30. The fraction of sp³-hybridized carbons (Fsp3) is 0.375. The fourth-order valence-corrected chi connectivity index (χ4v) is 1.84. The first-order valence-corrected chi connectivity index (χ1v) is 6.16. The van der Waals surface area contributed by atoms with Gasteiger partial charge in [0.1, 0.15) is 0 Å². The predicted molar refractivity (Wildman–Crippen MR) is 72.7 cm³/mol. The van der Waals surface area contributed by atoms with Gasteiger partial charge in [-0.3, -0.25) is 0 Å². The van der Waals surface area contributed by atoms with Gasteiger partial charge in [-0.15, -0.1) is 13.2 Å². The number of benzene rings is 1. The Labute approximate surface area is 99.7 Å². The van der Waals surface area contributed by atoms with Crippen LogP contribution in [0.4, 0.5) is 0 Å². The molecule has 0 atom stereocenters. The highest BCUT2D eigenvalue weighted by Gasteiger charge is 1.96. The maximum Gasteiger partial charge on any atom is -0.0276 e. The lowest BCUT2D eigenvalue weighted by atomic mass is 10.0. The number of hydrogen-bond donors (Lipinski definition) is 0. The van der Waals surface area contributed by atoms with Crippen molar-refractivity contribution < 1.29 is 0 Å². The van der Waals surface area contributed by atoms with Gasteiger partial charge in [0, 0.05) is 0 Å². The van der Waals surface area contributed by atoms with Crippen LogP contribution in [-0.2, 0) is 12.8 Å². The summed E-state index contributed by atoms with van der Waals surface area (Å²) in [5, 5.41) is 0. The molecule has 0 heteroatoms. The number of allylic oxidation sites excluding steroid dienone is 2. The van der Waals surface area contributed by atoms with Crippen molar-refractivity contribution in [1.29, 1.82) is 0 Å². The van der Waals surface area contributed by atoms with Crippen molar-refractivity contribution >= 4 is 0 Å². The predicted octanol–water partition coefficient (Wildman–Crippen LogP) is 4.70. The van der Waals surface area contributed by atoms with Crippen molar-refractivity contribution in [3.8, 4) is 0 Å². The van der Waals surface area contributed by atoms with Crippen LogP contribution in [-0.4, -0.2) is 0 Å². The highest BCUT2D eigenvalue weighted by Crippen LogP contribution is 2.11. The second-order valence-electron chi connectivity index (χ2n) is 4.18. The Balaban J connectivity index is 2.43. The zero-order valence-electron chi connectivity index (χ0n) is 10.1. The molecule has 0 N–H and O–H groups in total. The molecule has 86 valence electrons. The van der Waals surface area contributed by atoms with E-state index < -0.39 is 0 Å². The van der Waals surface area contributed by atoms with E-state index in [1.165, 1.54) is 36.8 Å². The van der Waals surface area contributed by atoms with Crippen molar-refractivity contribution in [3.63, 3.8) is 0 Å². The largest absolute Gasteiger partial charge is 0.103 e. The minimum Gasteiger partial charge on any atom is -0.103 e. The summed E-state index contributed by atoms with van der Waals surface area (Å²) in [4.78, 5) is 0. The maximum absolute atomic E-state index is 3.75. The first kappa shape index (κ1) is 12.8. The van der Waals surface area contributed by atoms with E-state index in [-0.39, 0.29) is 0 Å². The maximum atomic E-state index is 3.75. The number of unbranched alkanes of at least 4 members (excludes halogenated alkanes) is 2. The van der Waals surface area contributed by atoms with Crippen LogP contribution in [0.25, 0.3) is 0 Å². The molecule has 0 heterocycles. The lowest BCUT2D eigenvalue weighted by Gasteiger charge is -2.04. The average molecular weight is 214 g/mol.